The van der Waals surface area contributed by atoms with E-state index in [2.05, 4.69) is 24.0 Å². The van der Waals surface area contributed by atoms with Gasteiger partial charge in [0.2, 0.25) is 0 Å². The first kappa shape index (κ1) is 13.8. The molecular weight excluding hydrogens is 274 g/mol. The van der Waals surface area contributed by atoms with Gasteiger partial charge in [-0.25, -0.2) is 8.42 Å². The fraction of sp³-hybridized carbons (Fsp3) is 0.727. The maximum atomic E-state index is 12.4. The summed E-state index contributed by atoms with van der Waals surface area (Å²) < 4.78 is 26.4. The highest BCUT2D eigenvalue weighted by molar-refractivity contribution is 7.89. The smallest absolute Gasteiger partial charge is 0.260 e. The maximum Gasteiger partial charge on any atom is 0.260 e. The van der Waals surface area contributed by atoms with Crippen molar-refractivity contribution in [2.75, 3.05) is 13.1 Å². The van der Waals surface area contributed by atoms with Crippen LogP contribution >= 0.6 is 11.6 Å². The molecule has 2 rings (SSSR count). The second-order valence-electron chi connectivity index (χ2n) is 5.01. The Hall–Kier alpha value is -0.590. The highest BCUT2D eigenvalue weighted by Gasteiger charge is 2.35. The Morgan fingerprint density at radius 1 is 1.61 bits per heavy atom. The Morgan fingerprint density at radius 3 is 2.89 bits per heavy atom. The van der Waals surface area contributed by atoms with Crippen LogP contribution in [0.2, 0.25) is 0 Å². The summed E-state index contributed by atoms with van der Waals surface area (Å²) in [6.45, 7) is 5.41. The lowest BCUT2D eigenvalue weighted by Crippen LogP contribution is -2.30. The second-order valence-corrected chi connectivity index (χ2v) is 7.16. The number of alkyl halides is 1. The average molecular weight is 292 g/mol. The molecule has 1 N–H and O–H groups in total. The molecule has 0 spiro atoms. The molecule has 0 radical (unpaired) electrons. The Balaban J connectivity index is 2.23. The first-order valence-corrected chi connectivity index (χ1v) is 8.02. The van der Waals surface area contributed by atoms with Crippen LogP contribution in [0.25, 0.3) is 0 Å². The first-order valence-electron chi connectivity index (χ1n) is 6.05. The average Bonchev–Trinajstić information content (AvgIpc) is 2.98. The number of aromatic nitrogens is 2. The zero-order valence-corrected chi connectivity index (χ0v) is 12.1. The molecule has 0 aliphatic carbocycles. The van der Waals surface area contributed by atoms with Crippen LogP contribution in [0.1, 0.15) is 25.8 Å². The molecule has 2 heterocycles. The van der Waals surface area contributed by atoms with Gasteiger partial charge in [-0.05, 0) is 18.3 Å². The van der Waals surface area contributed by atoms with E-state index >= 15 is 0 Å². The molecule has 1 aromatic rings. The molecule has 0 bridgehead atoms. The fourth-order valence-electron chi connectivity index (χ4n) is 2.26. The van der Waals surface area contributed by atoms with Crippen molar-refractivity contribution in [2.45, 2.75) is 31.2 Å². The molecule has 1 saturated heterocycles. The van der Waals surface area contributed by atoms with E-state index in [9.17, 15) is 8.42 Å². The zero-order chi connectivity index (χ0) is 13.3. The van der Waals surface area contributed by atoms with Crippen LogP contribution in [-0.4, -0.2) is 36.0 Å². The van der Waals surface area contributed by atoms with Gasteiger partial charge in [0.25, 0.3) is 10.0 Å². The number of halogens is 1. The molecule has 1 unspecified atom stereocenters. The normalized spacial score (nSPS) is 21.9. The largest absolute Gasteiger partial charge is 0.266 e. The van der Waals surface area contributed by atoms with Gasteiger partial charge in [0.15, 0.2) is 5.03 Å². The maximum absolute atomic E-state index is 12.4. The fourth-order valence-corrected chi connectivity index (χ4v) is 4.16. The van der Waals surface area contributed by atoms with Crippen molar-refractivity contribution in [2.24, 2.45) is 11.8 Å². The SMILES string of the molecule is CC(C)C1CCN(S(=O)(=O)c2[nH]ncc2CCl)C1. The van der Waals surface area contributed by atoms with E-state index in [1.165, 1.54) is 10.5 Å². The van der Waals surface area contributed by atoms with E-state index in [0.29, 0.717) is 30.5 Å². The van der Waals surface area contributed by atoms with Gasteiger partial charge in [-0.15, -0.1) is 11.6 Å². The number of nitrogens with zero attached hydrogens (tertiary/aromatic N) is 2. The van der Waals surface area contributed by atoms with Gasteiger partial charge in [0, 0.05) is 18.7 Å². The first-order chi connectivity index (χ1) is 8.46. The molecule has 1 fully saturated rings. The number of rotatable bonds is 4. The Kier molecular flexibility index (Phi) is 3.99. The monoisotopic (exact) mass is 291 g/mol. The molecule has 1 aromatic heterocycles. The Labute approximate surface area is 113 Å². The predicted molar refractivity (Wildman–Crippen MR) is 69.8 cm³/mol. The Bertz CT molecular complexity index is 512. The molecule has 7 heteroatoms. The molecule has 102 valence electrons. The summed E-state index contributed by atoms with van der Waals surface area (Å²) in [7, 11) is -3.47. The van der Waals surface area contributed by atoms with Crippen LogP contribution in [0.15, 0.2) is 11.2 Å². The molecule has 1 atom stereocenters. The molecule has 5 nitrogen and oxygen atoms in total. The van der Waals surface area contributed by atoms with Crippen molar-refractivity contribution in [3.8, 4) is 0 Å². The van der Waals surface area contributed by atoms with Gasteiger partial charge in [-0.1, -0.05) is 13.8 Å². The standard InChI is InChI=1S/C11H18ClN3O2S/c1-8(2)9-3-4-15(7-9)18(16,17)11-10(5-12)6-13-14-11/h6,8-9H,3-5,7H2,1-2H3,(H,13,14). The van der Waals surface area contributed by atoms with E-state index in [1.54, 1.807) is 0 Å². The lowest BCUT2D eigenvalue weighted by atomic mass is 9.96. The van der Waals surface area contributed by atoms with Crippen LogP contribution < -0.4 is 0 Å². The van der Waals surface area contributed by atoms with Crippen LogP contribution in [0.5, 0.6) is 0 Å². The van der Waals surface area contributed by atoms with E-state index < -0.39 is 10.0 Å². The summed E-state index contributed by atoms with van der Waals surface area (Å²) in [6, 6.07) is 0. The van der Waals surface area contributed by atoms with Gasteiger partial charge in [0.1, 0.15) is 0 Å². The van der Waals surface area contributed by atoms with E-state index in [0.717, 1.165) is 6.42 Å². The number of aromatic amines is 1. The minimum Gasteiger partial charge on any atom is -0.266 e. The third-order valence-electron chi connectivity index (χ3n) is 3.55. The quantitative estimate of drug-likeness (QED) is 0.861. The van der Waals surface area contributed by atoms with Gasteiger partial charge in [-0.2, -0.15) is 9.40 Å². The zero-order valence-electron chi connectivity index (χ0n) is 10.6. The molecule has 1 aliphatic heterocycles. The molecular formula is C11H18ClN3O2S. The van der Waals surface area contributed by atoms with E-state index in [-0.39, 0.29) is 10.9 Å². The van der Waals surface area contributed by atoms with Crippen molar-refractivity contribution in [1.29, 1.82) is 0 Å². The number of H-pyrrole nitrogens is 1. The number of nitrogens with one attached hydrogen (secondary N) is 1. The summed E-state index contributed by atoms with van der Waals surface area (Å²) in [5.74, 6) is 1.08. The third-order valence-corrected chi connectivity index (χ3v) is 5.72. The summed E-state index contributed by atoms with van der Waals surface area (Å²) in [5.41, 5.74) is 0.532. The van der Waals surface area contributed by atoms with Crippen LogP contribution in [0, 0.1) is 11.8 Å². The summed E-state index contributed by atoms with van der Waals surface area (Å²) in [6.07, 6.45) is 2.39. The van der Waals surface area contributed by atoms with E-state index in [1.807, 2.05) is 0 Å². The van der Waals surface area contributed by atoms with Crippen molar-refractivity contribution < 1.29 is 8.42 Å². The molecule has 0 saturated carbocycles. The molecule has 0 aromatic carbocycles. The number of sulfonamides is 1. The highest BCUT2D eigenvalue weighted by Crippen LogP contribution is 2.29. The highest BCUT2D eigenvalue weighted by atomic mass is 35.5. The summed E-state index contributed by atoms with van der Waals surface area (Å²) in [5, 5.41) is 6.46. The predicted octanol–water partition coefficient (Wildman–Crippen LogP) is 1.82. The van der Waals surface area contributed by atoms with Crippen LogP contribution in [-0.2, 0) is 15.9 Å². The van der Waals surface area contributed by atoms with Crippen molar-refractivity contribution in [3.63, 3.8) is 0 Å². The van der Waals surface area contributed by atoms with Gasteiger partial charge >= 0.3 is 0 Å². The van der Waals surface area contributed by atoms with Gasteiger partial charge in [-0.3, -0.25) is 5.10 Å². The number of hydrogen-bond acceptors (Lipinski definition) is 3. The lowest BCUT2D eigenvalue weighted by molar-refractivity contribution is 0.388. The van der Waals surface area contributed by atoms with Crippen LogP contribution in [0.4, 0.5) is 0 Å². The number of hydrogen-bond donors (Lipinski definition) is 1. The second kappa shape index (κ2) is 5.19. The molecule has 0 amide bonds. The molecule has 1 aliphatic rings. The summed E-state index contributed by atoms with van der Waals surface area (Å²) in [4.78, 5) is 0. The minimum atomic E-state index is -3.47. The third kappa shape index (κ3) is 2.41. The Morgan fingerprint density at radius 2 is 2.33 bits per heavy atom. The van der Waals surface area contributed by atoms with Gasteiger partial charge in [0.05, 0.1) is 12.1 Å². The van der Waals surface area contributed by atoms with Crippen molar-refractivity contribution in [3.05, 3.63) is 11.8 Å². The van der Waals surface area contributed by atoms with Gasteiger partial charge < -0.3 is 0 Å². The van der Waals surface area contributed by atoms with Crippen molar-refractivity contribution >= 4 is 21.6 Å². The molecule has 18 heavy (non-hydrogen) atoms. The van der Waals surface area contributed by atoms with Crippen LogP contribution in [0.3, 0.4) is 0 Å². The lowest BCUT2D eigenvalue weighted by Gasteiger charge is -2.17. The minimum absolute atomic E-state index is 0.141. The topological polar surface area (TPSA) is 66.1 Å². The summed E-state index contributed by atoms with van der Waals surface area (Å²) >= 11 is 5.72. The van der Waals surface area contributed by atoms with Crippen molar-refractivity contribution in [1.82, 2.24) is 14.5 Å². The van der Waals surface area contributed by atoms with E-state index in [4.69, 9.17) is 11.6 Å².